The van der Waals surface area contributed by atoms with Crippen molar-refractivity contribution in [1.29, 1.82) is 0 Å². The topological polar surface area (TPSA) is 59.2 Å². The number of carbonyl (C=O) groups is 1. The Morgan fingerprint density at radius 2 is 1.56 bits per heavy atom. The summed E-state index contributed by atoms with van der Waals surface area (Å²) in [6, 6.07) is 25.8. The Morgan fingerprint density at radius 1 is 0.875 bits per heavy atom. The van der Waals surface area contributed by atoms with Gasteiger partial charge in [0.25, 0.3) is 5.91 Å². The Morgan fingerprint density at radius 3 is 2.31 bits per heavy atom. The normalized spacial score (nSPS) is 16.2. The fraction of sp³-hybridized carbons (Fsp3) is 0.222. The summed E-state index contributed by atoms with van der Waals surface area (Å²) in [6.07, 6.45) is 2.83. The van der Waals surface area contributed by atoms with Gasteiger partial charge in [0.2, 0.25) is 11.7 Å². The van der Waals surface area contributed by atoms with Crippen LogP contribution in [0, 0.1) is 6.92 Å². The molecular formula is C27H25N3O2. The minimum atomic E-state index is -0.197. The summed E-state index contributed by atoms with van der Waals surface area (Å²) in [5.74, 6) is 1.07. The van der Waals surface area contributed by atoms with Gasteiger partial charge in [0.1, 0.15) is 6.04 Å². The number of nitrogens with zero attached hydrogens (tertiary/aromatic N) is 3. The van der Waals surface area contributed by atoms with Crippen LogP contribution in [-0.4, -0.2) is 27.5 Å². The van der Waals surface area contributed by atoms with E-state index in [9.17, 15) is 4.79 Å². The van der Waals surface area contributed by atoms with Crippen molar-refractivity contribution in [3.8, 4) is 22.5 Å². The number of hydrogen-bond acceptors (Lipinski definition) is 4. The third-order valence-electron chi connectivity index (χ3n) is 6.04. The average Bonchev–Trinajstić information content (AvgIpc) is 3.35. The Kier molecular flexibility index (Phi) is 5.55. The van der Waals surface area contributed by atoms with Crippen molar-refractivity contribution in [3.63, 3.8) is 0 Å². The first kappa shape index (κ1) is 20.2. The smallest absolute Gasteiger partial charge is 0.254 e. The van der Waals surface area contributed by atoms with E-state index in [0.29, 0.717) is 23.8 Å². The van der Waals surface area contributed by atoms with E-state index in [4.69, 9.17) is 4.52 Å². The number of aromatic nitrogens is 2. The molecule has 0 N–H and O–H groups in total. The second-order valence-corrected chi connectivity index (χ2v) is 8.28. The molecule has 5 heteroatoms. The number of likely N-dealkylation sites (tertiary alicyclic amines) is 1. The van der Waals surface area contributed by atoms with Crippen molar-refractivity contribution in [2.75, 3.05) is 6.54 Å². The zero-order valence-electron chi connectivity index (χ0n) is 18.1. The molecule has 2 heterocycles. The van der Waals surface area contributed by atoms with E-state index in [1.165, 1.54) is 5.56 Å². The van der Waals surface area contributed by atoms with Gasteiger partial charge >= 0.3 is 0 Å². The van der Waals surface area contributed by atoms with Crippen LogP contribution >= 0.6 is 0 Å². The van der Waals surface area contributed by atoms with E-state index in [1.54, 1.807) is 0 Å². The summed E-state index contributed by atoms with van der Waals surface area (Å²) in [6.45, 7) is 2.73. The Bertz CT molecular complexity index is 1200. The van der Waals surface area contributed by atoms with E-state index < -0.39 is 0 Å². The quantitative estimate of drug-likeness (QED) is 0.399. The molecule has 32 heavy (non-hydrogen) atoms. The van der Waals surface area contributed by atoms with Crippen LogP contribution in [0.5, 0.6) is 0 Å². The van der Waals surface area contributed by atoms with Crippen molar-refractivity contribution in [3.05, 3.63) is 95.9 Å². The molecule has 3 aromatic carbocycles. The second kappa shape index (κ2) is 8.79. The van der Waals surface area contributed by atoms with Crippen molar-refractivity contribution in [2.24, 2.45) is 0 Å². The van der Waals surface area contributed by atoms with Gasteiger partial charge in [0, 0.05) is 17.7 Å². The molecule has 0 radical (unpaired) electrons. The average molecular weight is 424 g/mol. The maximum atomic E-state index is 13.4. The zero-order valence-corrected chi connectivity index (χ0v) is 18.1. The number of amides is 1. The Labute approximate surface area is 187 Å². The van der Waals surface area contributed by atoms with Gasteiger partial charge in [-0.05, 0) is 49.4 Å². The summed E-state index contributed by atoms with van der Waals surface area (Å²) in [7, 11) is 0. The van der Waals surface area contributed by atoms with Crippen molar-refractivity contribution in [2.45, 2.75) is 32.2 Å². The first-order valence-electron chi connectivity index (χ1n) is 11.1. The fourth-order valence-electron chi connectivity index (χ4n) is 4.22. The maximum absolute atomic E-state index is 13.4. The maximum Gasteiger partial charge on any atom is 0.254 e. The van der Waals surface area contributed by atoms with Gasteiger partial charge in [-0.25, -0.2) is 0 Å². The summed E-state index contributed by atoms with van der Waals surface area (Å²) in [5, 5.41) is 4.18. The molecule has 5 rings (SSSR count). The molecule has 0 saturated carbocycles. The van der Waals surface area contributed by atoms with Crippen LogP contribution in [0.25, 0.3) is 22.5 Å². The molecule has 160 valence electrons. The third-order valence-corrected chi connectivity index (χ3v) is 6.04. The molecule has 1 saturated heterocycles. The van der Waals surface area contributed by atoms with Gasteiger partial charge < -0.3 is 9.42 Å². The number of rotatable bonds is 4. The Balaban J connectivity index is 1.38. The number of carbonyl (C=O) groups excluding carboxylic acids is 1. The molecule has 1 aliphatic rings. The van der Waals surface area contributed by atoms with Crippen LogP contribution in [-0.2, 0) is 0 Å². The number of hydrogen-bond donors (Lipinski definition) is 0. The standard InChI is InChI=1S/C27H25N3O2/c1-19-10-12-22(13-11-19)25-28-26(32-29-25)24-9-5-6-18-30(24)27(31)23-16-14-21(15-17-23)20-7-3-2-4-8-20/h2-4,7-8,10-17,24H,5-6,9,18H2,1H3. The third kappa shape index (κ3) is 4.06. The van der Waals surface area contributed by atoms with Crippen LogP contribution in [0.15, 0.2) is 83.4 Å². The molecule has 1 amide bonds. The van der Waals surface area contributed by atoms with Gasteiger partial charge in [-0.15, -0.1) is 0 Å². The summed E-state index contributed by atoms with van der Waals surface area (Å²) in [5.41, 5.74) is 5.00. The lowest BCUT2D eigenvalue weighted by Gasteiger charge is -2.33. The van der Waals surface area contributed by atoms with E-state index in [2.05, 4.69) is 22.3 Å². The first-order valence-corrected chi connectivity index (χ1v) is 11.1. The lowest BCUT2D eigenvalue weighted by atomic mass is 9.99. The van der Waals surface area contributed by atoms with Crippen molar-refractivity contribution in [1.82, 2.24) is 15.0 Å². The van der Waals surface area contributed by atoms with Crippen LogP contribution < -0.4 is 0 Å². The van der Waals surface area contributed by atoms with Crippen molar-refractivity contribution < 1.29 is 9.32 Å². The van der Waals surface area contributed by atoms with E-state index in [1.807, 2.05) is 78.6 Å². The van der Waals surface area contributed by atoms with Crippen LogP contribution in [0.1, 0.15) is 47.1 Å². The van der Waals surface area contributed by atoms with Crippen LogP contribution in [0.2, 0.25) is 0 Å². The van der Waals surface area contributed by atoms with Crippen LogP contribution in [0.4, 0.5) is 0 Å². The lowest BCUT2D eigenvalue weighted by Crippen LogP contribution is -2.38. The lowest BCUT2D eigenvalue weighted by molar-refractivity contribution is 0.0561. The number of piperidine rings is 1. The molecule has 1 fully saturated rings. The molecule has 4 aromatic rings. The molecule has 1 unspecified atom stereocenters. The van der Waals surface area contributed by atoms with Gasteiger partial charge in [-0.3, -0.25) is 4.79 Å². The highest BCUT2D eigenvalue weighted by molar-refractivity contribution is 5.95. The van der Waals surface area contributed by atoms with E-state index in [0.717, 1.165) is 36.0 Å². The minimum Gasteiger partial charge on any atom is -0.337 e. The highest BCUT2D eigenvalue weighted by Gasteiger charge is 2.32. The monoisotopic (exact) mass is 423 g/mol. The first-order chi connectivity index (χ1) is 15.7. The number of aryl methyl sites for hydroxylation is 1. The van der Waals surface area contributed by atoms with E-state index in [-0.39, 0.29) is 11.9 Å². The predicted molar refractivity (Wildman–Crippen MR) is 124 cm³/mol. The van der Waals surface area contributed by atoms with Crippen molar-refractivity contribution >= 4 is 5.91 Å². The molecule has 1 aliphatic heterocycles. The molecule has 1 aromatic heterocycles. The number of benzene rings is 3. The SMILES string of the molecule is Cc1ccc(-c2noc(C3CCCCN3C(=O)c3ccc(-c4ccccc4)cc3)n2)cc1. The zero-order chi connectivity index (χ0) is 21.9. The van der Waals surface area contributed by atoms with Crippen LogP contribution in [0.3, 0.4) is 0 Å². The summed E-state index contributed by atoms with van der Waals surface area (Å²) < 4.78 is 5.63. The molecular weight excluding hydrogens is 398 g/mol. The second-order valence-electron chi connectivity index (χ2n) is 8.28. The molecule has 0 bridgehead atoms. The fourth-order valence-corrected chi connectivity index (χ4v) is 4.22. The molecule has 5 nitrogen and oxygen atoms in total. The predicted octanol–water partition coefficient (Wildman–Crippen LogP) is 6.08. The highest BCUT2D eigenvalue weighted by Crippen LogP contribution is 2.32. The molecule has 0 aliphatic carbocycles. The van der Waals surface area contributed by atoms with Gasteiger partial charge in [-0.2, -0.15) is 4.98 Å². The summed E-state index contributed by atoms with van der Waals surface area (Å²) >= 11 is 0. The highest BCUT2D eigenvalue weighted by atomic mass is 16.5. The minimum absolute atomic E-state index is 0.00407. The van der Waals surface area contributed by atoms with Gasteiger partial charge in [-0.1, -0.05) is 77.5 Å². The van der Waals surface area contributed by atoms with Gasteiger partial charge in [0.15, 0.2) is 0 Å². The Hall–Kier alpha value is -3.73. The van der Waals surface area contributed by atoms with E-state index >= 15 is 0 Å². The largest absolute Gasteiger partial charge is 0.337 e. The molecule has 0 spiro atoms. The summed E-state index contributed by atoms with van der Waals surface area (Å²) in [4.78, 5) is 19.9. The molecule has 1 atom stereocenters. The van der Waals surface area contributed by atoms with Gasteiger partial charge in [0.05, 0.1) is 0 Å².